The average Bonchev–Trinajstić information content (AvgIpc) is 2.78. The summed E-state index contributed by atoms with van der Waals surface area (Å²) in [5.41, 5.74) is 0.582. The van der Waals surface area contributed by atoms with Gasteiger partial charge in [0.25, 0.3) is 5.91 Å². The van der Waals surface area contributed by atoms with Crippen molar-refractivity contribution in [3.8, 4) is 0 Å². The molecular formula is C12H12BrNO3. The molecule has 1 fully saturated rings. The van der Waals surface area contributed by atoms with Crippen molar-refractivity contribution in [1.29, 1.82) is 0 Å². The fourth-order valence-corrected chi connectivity index (χ4v) is 2.41. The Labute approximate surface area is 107 Å². The second-order valence-electron chi connectivity index (χ2n) is 4.05. The van der Waals surface area contributed by atoms with Gasteiger partial charge in [-0.05, 0) is 34.5 Å². The van der Waals surface area contributed by atoms with Gasteiger partial charge in [-0.15, -0.1) is 0 Å². The van der Waals surface area contributed by atoms with E-state index in [4.69, 9.17) is 5.11 Å². The van der Waals surface area contributed by atoms with Crippen LogP contribution in [0.3, 0.4) is 0 Å². The lowest BCUT2D eigenvalue weighted by molar-refractivity contribution is -0.141. The van der Waals surface area contributed by atoms with Crippen molar-refractivity contribution < 1.29 is 14.7 Å². The Kier molecular flexibility index (Phi) is 3.47. The van der Waals surface area contributed by atoms with Gasteiger partial charge in [0.15, 0.2) is 0 Å². The van der Waals surface area contributed by atoms with Crippen LogP contribution in [0.5, 0.6) is 0 Å². The molecule has 90 valence electrons. The molecule has 2 rings (SSSR count). The molecule has 0 saturated carbocycles. The molecule has 1 unspecified atom stereocenters. The zero-order valence-electron chi connectivity index (χ0n) is 9.10. The smallest absolute Gasteiger partial charge is 0.308 e. The molecule has 0 spiro atoms. The van der Waals surface area contributed by atoms with E-state index in [2.05, 4.69) is 15.9 Å². The van der Waals surface area contributed by atoms with Crippen LogP contribution in [0.1, 0.15) is 16.8 Å². The molecule has 1 aromatic rings. The molecule has 0 radical (unpaired) electrons. The van der Waals surface area contributed by atoms with Gasteiger partial charge in [0.1, 0.15) is 0 Å². The summed E-state index contributed by atoms with van der Waals surface area (Å²) in [6.45, 7) is 0.812. The van der Waals surface area contributed by atoms with Gasteiger partial charge in [0.2, 0.25) is 0 Å². The number of hydrogen-bond acceptors (Lipinski definition) is 2. The molecule has 17 heavy (non-hydrogen) atoms. The number of likely N-dealkylation sites (tertiary alicyclic amines) is 1. The Balaban J connectivity index is 2.13. The summed E-state index contributed by atoms with van der Waals surface area (Å²) in [4.78, 5) is 24.6. The lowest BCUT2D eigenvalue weighted by Crippen LogP contribution is -2.30. The minimum atomic E-state index is -0.826. The second kappa shape index (κ2) is 4.87. The van der Waals surface area contributed by atoms with E-state index in [1.807, 2.05) is 6.07 Å². The number of halogens is 1. The largest absolute Gasteiger partial charge is 0.481 e. The zero-order chi connectivity index (χ0) is 12.4. The van der Waals surface area contributed by atoms with Crippen LogP contribution in [0, 0.1) is 5.92 Å². The van der Waals surface area contributed by atoms with Crippen molar-refractivity contribution in [2.24, 2.45) is 5.92 Å². The van der Waals surface area contributed by atoms with E-state index in [-0.39, 0.29) is 5.91 Å². The Bertz CT molecular complexity index is 461. The third-order valence-corrected chi connectivity index (χ3v) is 3.62. The van der Waals surface area contributed by atoms with E-state index in [0.717, 1.165) is 4.47 Å². The number of carbonyl (C=O) groups excluding carboxylic acids is 1. The van der Waals surface area contributed by atoms with Gasteiger partial charge < -0.3 is 10.0 Å². The molecule has 1 N–H and O–H groups in total. The van der Waals surface area contributed by atoms with Gasteiger partial charge in [-0.2, -0.15) is 0 Å². The highest BCUT2D eigenvalue weighted by Crippen LogP contribution is 2.22. The number of carboxylic acid groups (broad SMARTS) is 1. The molecular weight excluding hydrogens is 286 g/mol. The third kappa shape index (κ3) is 2.49. The number of hydrogen-bond donors (Lipinski definition) is 1. The standard InChI is InChI=1S/C12H12BrNO3/c13-10-4-2-1-3-9(10)11(15)14-6-5-8(7-14)12(16)17/h1-4,8H,5-7H2,(H,16,17). The number of benzene rings is 1. The van der Waals surface area contributed by atoms with Gasteiger partial charge >= 0.3 is 5.97 Å². The molecule has 5 heteroatoms. The normalized spacial score (nSPS) is 19.4. The topological polar surface area (TPSA) is 57.6 Å². The van der Waals surface area contributed by atoms with E-state index < -0.39 is 11.9 Å². The SMILES string of the molecule is O=C(O)C1CCN(C(=O)c2ccccc2Br)C1. The summed E-state index contributed by atoms with van der Waals surface area (Å²) in [7, 11) is 0. The maximum Gasteiger partial charge on any atom is 0.308 e. The fourth-order valence-electron chi connectivity index (χ4n) is 1.95. The van der Waals surface area contributed by atoms with E-state index in [0.29, 0.717) is 25.1 Å². The first-order valence-electron chi connectivity index (χ1n) is 5.36. The van der Waals surface area contributed by atoms with Gasteiger partial charge in [-0.3, -0.25) is 9.59 Å². The summed E-state index contributed by atoms with van der Waals surface area (Å²) in [6, 6.07) is 7.17. The van der Waals surface area contributed by atoms with Crippen LogP contribution in [-0.4, -0.2) is 35.0 Å². The van der Waals surface area contributed by atoms with Crippen LogP contribution in [0.25, 0.3) is 0 Å². The molecule has 1 atom stereocenters. The summed E-state index contributed by atoms with van der Waals surface area (Å²) in [5, 5.41) is 8.89. The predicted octanol–water partition coefficient (Wildman–Crippen LogP) is 2.00. The zero-order valence-corrected chi connectivity index (χ0v) is 10.7. The molecule has 1 aromatic carbocycles. The number of nitrogens with zero attached hydrogens (tertiary/aromatic N) is 1. The molecule has 0 bridgehead atoms. The summed E-state index contributed by atoms with van der Waals surface area (Å²) in [5.74, 6) is -1.37. The van der Waals surface area contributed by atoms with Crippen LogP contribution >= 0.6 is 15.9 Å². The monoisotopic (exact) mass is 297 g/mol. The number of aliphatic carboxylic acids is 1. The third-order valence-electron chi connectivity index (χ3n) is 2.93. The summed E-state index contributed by atoms with van der Waals surface area (Å²) < 4.78 is 0.740. The minimum Gasteiger partial charge on any atom is -0.481 e. The Hall–Kier alpha value is -1.36. The first-order chi connectivity index (χ1) is 8.09. The van der Waals surface area contributed by atoms with Crippen LogP contribution in [0.4, 0.5) is 0 Å². The molecule has 0 aliphatic carbocycles. The highest BCUT2D eigenvalue weighted by atomic mass is 79.9. The number of amides is 1. The van der Waals surface area contributed by atoms with Crippen molar-refractivity contribution in [2.75, 3.05) is 13.1 Å². The molecule has 1 heterocycles. The predicted molar refractivity (Wildman–Crippen MR) is 65.8 cm³/mol. The van der Waals surface area contributed by atoms with Gasteiger partial charge in [0.05, 0.1) is 11.5 Å². The van der Waals surface area contributed by atoms with Gasteiger partial charge in [0, 0.05) is 17.6 Å². The molecule has 4 nitrogen and oxygen atoms in total. The second-order valence-corrected chi connectivity index (χ2v) is 4.91. The van der Waals surface area contributed by atoms with E-state index >= 15 is 0 Å². The molecule has 1 aliphatic heterocycles. The van der Waals surface area contributed by atoms with Crippen molar-refractivity contribution in [3.63, 3.8) is 0 Å². The maximum absolute atomic E-state index is 12.1. The fraction of sp³-hybridized carbons (Fsp3) is 0.333. The number of rotatable bonds is 2. The molecule has 0 aromatic heterocycles. The Morgan fingerprint density at radius 2 is 2.06 bits per heavy atom. The van der Waals surface area contributed by atoms with Gasteiger partial charge in [-0.25, -0.2) is 0 Å². The minimum absolute atomic E-state index is 0.110. The van der Waals surface area contributed by atoms with E-state index in [1.54, 1.807) is 23.1 Å². The lowest BCUT2D eigenvalue weighted by atomic mass is 10.1. The Morgan fingerprint density at radius 1 is 1.35 bits per heavy atom. The average molecular weight is 298 g/mol. The van der Waals surface area contributed by atoms with Crippen molar-refractivity contribution in [1.82, 2.24) is 4.90 Å². The van der Waals surface area contributed by atoms with E-state index in [1.165, 1.54) is 0 Å². The van der Waals surface area contributed by atoms with Crippen LogP contribution in [-0.2, 0) is 4.79 Å². The van der Waals surface area contributed by atoms with Crippen molar-refractivity contribution in [3.05, 3.63) is 34.3 Å². The van der Waals surface area contributed by atoms with Crippen LogP contribution in [0.15, 0.2) is 28.7 Å². The maximum atomic E-state index is 12.1. The highest BCUT2D eigenvalue weighted by Gasteiger charge is 2.31. The van der Waals surface area contributed by atoms with Gasteiger partial charge in [-0.1, -0.05) is 12.1 Å². The summed E-state index contributed by atoms with van der Waals surface area (Å²) >= 11 is 3.32. The quantitative estimate of drug-likeness (QED) is 0.908. The van der Waals surface area contributed by atoms with Crippen LogP contribution < -0.4 is 0 Å². The van der Waals surface area contributed by atoms with Crippen molar-refractivity contribution >= 4 is 27.8 Å². The van der Waals surface area contributed by atoms with E-state index in [9.17, 15) is 9.59 Å². The number of carboxylic acids is 1. The first-order valence-corrected chi connectivity index (χ1v) is 6.15. The van der Waals surface area contributed by atoms with Crippen molar-refractivity contribution in [2.45, 2.75) is 6.42 Å². The highest BCUT2D eigenvalue weighted by molar-refractivity contribution is 9.10. The molecule has 1 saturated heterocycles. The molecule has 1 amide bonds. The first kappa shape index (κ1) is 12.1. The summed E-state index contributed by atoms with van der Waals surface area (Å²) in [6.07, 6.45) is 0.533. The lowest BCUT2D eigenvalue weighted by Gasteiger charge is -2.16. The number of carbonyl (C=O) groups is 2. The molecule has 1 aliphatic rings. The Morgan fingerprint density at radius 3 is 2.65 bits per heavy atom. The van der Waals surface area contributed by atoms with Crippen LogP contribution in [0.2, 0.25) is 0 Å².